The first-order valence-corrected chi connectivity index (χ1v) is 13.4. The van der Waals surface area contributed by atoms with Gasteiger partial charge in [-0.3, -0.25) is 0 Å². The minimum Gasteiger partial charge on any atom is -0.497 e. The zero-order valence-corrected chi connectivity index (χ0v) is 24.9. The van der Waals surface area contributed by atoms with E-state index in [-0.39, 0.29) is 17.0 Å². The van der Waals surface area contributed by atoms with Crippen LogP contribution in [0.5, 0.6) is 11.5 Å². The fourth-order valence-corrected chi connectivity index (χ4v) is 4.93. The van der Waals surface area contributed by atoms with Crippen molar-refractivity contribution in [1.29, 1.82) is 0 Å². The Labute approximate surface area is 241 Å². The lowest BCUT2D eigenvalue weighted by molar-refractivity contribution is 0.405. The van der Waals surface area contributed by atoms with Gasteiger partial charge in [0.05, 0.1) is 19.9 Å². The van der Waals surface area contributed by atoms with Crippen molar-refractivity contribution in [2.75, 3.05) is 14.2 Å². The molecule has 0 heterocycles. The van der Waals surface area contributed by atoms with Gasteiger partial charge in [0.15, 0.2) is 5.17 Å². The fraction of sp³-hybridized carbons (Fsp3) is 0.219. The number of aliphatic imine (C=N–C) groups is 1. The van der Waals surface area contributed by atoms with Gasteiger partial charge >= 0.3 is 0 Å². The molecule has 4 rings (SSSR count). The quantitative estimate of drug-likeness (QED) is 0.144. The average Bonchev–Trinajstić information content (AvgIpc) is 2.94. The highest BCUT2D eigenvalue weighted by atomic mass is 79.9. The summed E-state index contributed by atoms with van der Waals surface area (Å²) < 4.78 is 10.8. The molecule has 0 bridgehead atoms. The number of benzene rings is 4. The number of rotatable bonds is 9. The van der Waals surface area contributed by atoms with Crippen LogP contribution in [0.2, 0.25) is 0 Å². The summed E-state index contributed by atoms with van der Waals surface area (Å²) in [7, 11) is 3.39. The van der Waals surface area contributed by atoms with E-state index in [1.54, 1.807) is 26.0 Å². The van der Waals surface area contributed by atoms with Crippen LogP contribution in [0.4, 0.5) is 5.69 Å². The third kappa shape index (κ3) is 8.14. The van der Waals surface area contributed by atoms with E-state index < -0.39 is 0 Å². The molecule has 4 aromatic rings. The van der Waals surface area contributed by atoms with Crippen LogP contribution in [0.25, 0.3) is 0 Å². The van der Waals surface area contributed by atoms with Gasteiger partial charge in [0, 0.05) is 18.8 Å². The number of halogens is 1. The second-order valence-corrected chi connectivity index (χ2v) is 9.88. The largest absolute Gasteiger partial charge is 0.497 e. The molecule has 0 radical (unpaired) electrons. The highest BCUT2D eigenvalue weighted by molar-refractivity contribution is 8.93. The smallest absolute Gasteiger partial charge is 0.165 e. The van der Waals surface area contributed by atoms with Gasteiger partial charge in [-0.05, 0) is 72.0 Å². The maximum Gasteiger partial charge on any atom is 0.165 e. The van der Waals surface area contributed by atoms with Gasteiger partial charge in [0.2, 0.25) is 0 Å². The Morgan fingerprint density at radius 3 is 1.76 bits per heavy atom. The molecular weight excluding hydrogens is 556 g/mol. The van der Waals surface area contributed by atoms with E-state index in [0.29, 0.717) is 0 Å². The average molecular weight is 592 g/mol. The Hall–Kier alpha value is -3.22. The summed E-state index contributed by atoms with van der Waals surface area (Å²) in [5.41, 5.74) is 7.12. The van der Waals surface area contributed by atoms with Crippen molar-refractivity contribution in [3.63, 3.8) is 0 Å². The molecule has 0 aliphatic rings. The van der Waals surface area contributed by atoms with Crippen molar-refractivity contribution in [3.8, 4) is 11.5 Å². The van der Waals surface area contributed by atoms with Crippen LogP contribution >= 0.6 is 28.7 Å². The van der Waals surface area contributed by atoms with Crippen LogP contribution in [-0.2, 0) is 18.8 Å². The molecule has 0 unspecified atom stereocenters. The first kappa shape index (κ1) is 29.3. The number of ether oxygens (including phenoxy) is 2. The number of hydrogen-bond acceptors (Lipinski definition) is 4. The summed E-state index contributed by atoms with van der Waals surface area (Å²) in [6, 6.07) is 33.4. The molecule has 0 aliphatic carbocycles. The van der Waals surface area contributed by atoms with Gasteiger partial charge in [-0.2, -0.15) is 0 Å². The van der Waals surface area contributed by atoms with Crippen molar-refractivity contribution in [2.24, 2.45) is 4.99 Å². The monoisotopic (exact) mass is 590 g/mol. The highest BCUT2D eigenvalue weighted by Crippen LogP contribution is 2.28. The predicted molar refractivity (Wildman–Crippen MR) is 166 cm³/mol. The van der Waals surface area contributed by atoms with E-state index in [0.717, 1.165) is 41.2 Å². The van der Waals surface area contributed by atoms with Gasteiger partial charge in [0.1, 0.15) is 11.5 Å². The molecule has 0 amide bonds. The zero-order chi connectivity index (χ0) is 26.0. The first-order valence-electron chi connectivity index (χ1n) is 12.4. The van der Waals surface area contributed by atoms with E-state index >= 15 is 0 Å². The molecule has 4 nitrogen and oxygen atoms in total. The van der Waals surface area contributed by atoms with E-state index in [1.165, 1.54) is 27.8 Å². The second kappa shape index (κ2) is 14.6. The summed E-state index contributed by atoms with van der Waals surface area (Å²) in [4.78, 5) is 7.61. The molecule has 0 aliphatic heterocycles. The molecule has 0 saturated heterocycles. The maximum atomic E-state index is 5.38. The van der Waals surface area contributed by atoms with Crippen LogP contribution in [0.1, 0.15) is 27.8 Å². The summed E-state index contributed by atoms with van der Waals surface area (Å²) in [5, 5.41) is 0.990. The molecule has 0 spiro atoms. The first-order chi connectivity index (χ1) is 18.1. The summed E-state index contributed by atoms with van der Waals surface area (Å²) in [5.74, 6) is 2.55. The minimum absolute atomic E-state index is 0. The molecule has 0 saturated carbocycles. The van der Waals surface area contributed by atoms with Crippen LogP contribution < -0.4 is 9.47 Å². The normalized spacial score (nSPS) is 11.0. The molecule has 198 valence electrons. The van der Waals surface area contributed by atoms with Crippen molar-refractivity contribution in [3.05, 3.63) is 125 Å². The molecule has 4 aromatic carbocycles. The van der Waals surface area contributed by atoms with Crippen LogP contribution in [-0.4, -0.2) is 24.3 Å². The number of amidine groups is 1. The number of nitrogens with zero attached hydrogens (tertiary/aromatic N) is 2. The number of aryl methyl sites for hydroxylation is 1. The fourth-order valence-electron chi connectivity index (χ4n) is 3.97. The lowest BCUT2D eigenvalue weighted by Crippen LogP contribution is -2.28. The summed E-state index contributed by atoms with van der Waals surface area (Å²) in [6.45, 7) is 5.73. The van der Waals surface area contributed by atoms with Gasteiger partial charge in [-0.15, -0.1) is 17.0 Å². The predicted octanol–water partition coefficient (Wildman–Crippen LogP) is 8.52. The van der Waals surface area contributed by atoms with Gasteiger partial charge in [-0.25, -0.2) is 4.99 Å². The second-order valence-electron chi connectivity index (χ2n) is 8.94. The van der Waals surface area contributed by atoms with Crippen LogP contribution in [0.15, 0.2) is 102 Å². The molecule has 0 aromatic heterocycles. The third-order valence-corrected chi connectivity index (χ3v) is 7.42. The topological polar surface area (TPSA) is 34.1 Å². The van der Waals surface area contributed by atoms with Crippen molar-refractivity contribution in [1.82, 2.24) is 4.90 Å². The minimum atomic E-state index is 0. The summed E-state index contributed by atoms with van der Waals surface area (Å²) >= 11 is 1.77. The van der Waals surface area contributed by atoms with E-state index in [2.05, 4.69) is 91.5 Å². The van der Waals surface area contributed by atoms with Crippen molar-refractivity contribution >= 4 is 39.6 Å². The van der Waals surface area contributed by atoms with E-state index in [9.17, 15) is 0 Å². The molecule has 38 heavy (non-hydrogen) atoms. The van der Waals surface area contributed by atoms with Gasteiger partial charge in [0.25, 0.3) is 0 Å². The Bertz CT molecular complexity index is 1260. The SMILES string of the molecule is Br.COc1ccc(CN(Cc2ccc(OC)cc2)C(=Nc2cccc(C)c2C)SCc2ccccc2)cc1. The molecular formula is C32H35BrN2O2S. The van der Waals surface area contributed by atoms with E-state index in [1.807, 2.05) is 24.3 Å². The zero-order valence-electron chi connectivity index (χ0n) is 22.4. The molecule has 0 fully saturated rings. The van der Waals surface area contributed by atoms with Crippen LogP contribution in [0.3, 0.4) is 0 Å². The Kier molecular flexibility index (Phi) is 11.3. The third-order valence-electron chi connectivity index (χ3n) is 6.34. The number of thioether (sulfide) groups is 1. The summed E-state index contributed by atoms with van der Waals surface area (Å²) in [6.07, 6.45) is 0. The number of methoxy groups -OCH3 is 2. The Morgan fingerprint density at radius 1 is 0.684 bits per heavy atom. The van der Waals surface area contributed by atoms with Crippen molar-refractivity contribution in [2.45, 2.75) is 32.7 Å². The highest BCUT2D eigenvalue weighted by Gasteiger charge is 2.16. The standard InChI is InChI=1S/C32H34N2O2S.BrH/c1-24-9-8-12-31(25(24)2)33-32(37-23-28-10-6-5-7-11-28)34(21-26-13-17-29(35-3)18-14-26)22-27-15-19-30(36-4)20-16-27;/h5-20H,21-23H2,1-4H3;1H. The van der Waals surface area contributed by atoms with Crippen molar-refractivity contribution < 1.29 is 9.47 Å². The van der Waals surface area contributed by atoms with E-state index in [4.69, 9.17) is 14.5 Å². The molecule has 0 N–H and O–H groups in total. The van der Waals surface area contributed by atoms with Gasteiger partial charge in [-0.1, -0.05) is 78.5 Å². The molecule has 0 atom stereocenters. The number of hydrogen-bond donors (Lipinski definition) is 0. The molecule has 6 heteroatoms. The van der Waals surface area contributed by atoms with Crippen LogP contribution in [0, 0.1) is 13.8 Å². The maximum absolute atomic E-state index is 5.38. The lowest BCUT2D eigenvalue weighted by Gasteiger charge is -2.27. The lowest BCUT2D eigenvalue weighted by atomic mass is 10.1. The van der Waals surface area contributed by atoms with Gasteiger partial charge < -0.3 is 14.4 Å². The Balaban J connectivity index is 0.00000400. The Morgan fingerprint density at radius 2 is 1.24 bits per heavy atom.